The molecule has 0 bridgehead atoms. The number of ether oxygens (including phenoxy) is 2. The van der Waals surface area contributed by atoms with Crippen molar-refractivity contribution in [1.29, 1.82) is 0 Å². The summed E-state index contributed by atoms with van der Waals surface area (Å²) in [6, 6.07) is 2.44. The number of hydrogen-bond donors (Lipinski definition) is 1. The maximum atomic E-state index is 5.88. The second kappa shape index (κ2) is 7.68. The van der Waals surface area contributed by atoms with Crippen LogP contribution in [-0.4, -0.2) is 54.3 Å². The first-order chi connectivity index (χ1) is 10.1. The second-order valence-electron chi connectivity index (χ2n) is 5.51. The van der Waals surface area contributed by atoms with Crippen LogP contribution >= 0.6 is 0 Å². The lowest BCUT2D eigenvalue weighted by Crippen LogP contribution is -2.42. The van der Waals surface area contributed by atoms with Crippen molar-refractivity contribution in [3.05, 3.63) is 17.6 Å². The molecule has 0 spiro atoms. The molecule has 1 unspecified atom stereocenters. The average Bonchev–Trinajstić information content (AvgIpc) is 2.48. The van der Waals surface area contributed by atoms with E-state index in [2.05, 4.69) is 41.0 Å². The molecule has 1 saturated heterocycles. The Labute approximate surface area is 126 Å². The number of anilines is 1. The SMILES string of the molecule is CCNc1cc(COC)nc(C2CN(C(C)C)CCO2)n1. The summed E-state index contributed by atoms with van der Waals surface area (Å²) in [5.41, 5.74) is 0.878. The van der Waals surface area contributed by atoms with Gasteiger partial charge >= 0.3 is 0 Å². The molecule has 0 amide bonds. The fourth-order valence-corrected chi connectivity index (χ4v) is 2.45. The van der Waals surface area contributed by atoms with Crippen molar-refractivity contribution in [3.8, 4) is 0 Å². The second-order valence-corrected chi connectivity index (χ2v) is 5.51. The van der Waals surface area contributed by atoms with E-state index in [9.17, 15) is 0 Å². The van der Waals surface area contributed by atoms with E-state index in [1.54, 1.807) is 7.11 Å². The molecule has 1 aliphatic heterocycles. The highest BCUT2D eigenvalue weighted by Crippen LogP contribution is 2.22. The minimum absolute atomic E-state index is 0.0737. The third-order valence-electron chi connectivity index (χ3n) is 3.56. The smallest absolute Gasteiger partial charge is 0.161 e. The Balaban J connectivity index is 2.20. The zero-order chi connectivity index (χ0) is 15.2. The zero-order valence-corrected chi connectivity index (χ0v) is 13.4. The summed E-state index contributed by atoms with van der Waals surface area (Å²) in [4.78, 5) is 11.6. The van der Waals surface area contributed by atoms with Gasteiger partial charge in [0, 0.05) is 38.9 Å². The first-order valence-electron chi connectivity index (χ1n) is 7.60. The predicted octanol–water partition coefficient (Wildman–Crippen LogP) is 1.84. The van der Waals surface area contributed by atoms with Crippen LogP contribution < -0.4 is 5.32 Å². The molecular formula is C15H26N4O2. The number of morpholine rings is 1. The van der Waals surface area contributed by atoms with E-state index in [-0.39, 0.29) is 6.10 Å². The molecule has 1 N–H and O–H groups in total. The van der Waals surface area contributed by atoms with Gasteiger partial charge in [0.05, 0.1) is 18.9 Å². The normalized spacial score (nSPS) is 20.0. The summed E-state index contributed by atoms with van der Waals surface area (Å²) in [6.45, 7) is 10.3. The van der Waals surface area contributed by atoms with Crippen LogP contribution in [0.1, 0.15) is 38.4 Å². The zero-order valence-electron chi connectivity index (χ0n) is 13.4. The summed E-state index contributed by atoms with van der Waals surface area (Å²) in [5.74, 6) is 1.57. The van der Waals surface area contributed by atoms with E-state index in [0.29, 0.717) is 12.6 Å². The molecule has 0 saturated carbocycles. The lowest BCUT2D eigenvalue weighted by Gasteiger charge is -2.34. The van der Waals surface area contributed by atoms with Crippen molar-refractivity contribution >= 4 is 5.82 Å². The molecule has 0 radical (unpaired) electrons. The molecule has 1 fully saturated rings. The number of methoxy groups -OCH3 is 1. The molecule has 6 heteroatoms. The van der Waals surface area contributed by atoms with Gasteiger partial charge in [0.25, 0.3) is 0 Å². The van der Waals surface area contributed by atoms with E-state index < -0.39 is 0 Å². The molecule has 2 rings (SSSR count). The highest BCUT2D eigenvalue weighted by molar-refractivity contribution is 5.36. The van der Waals surface area contributed by atoms with Crippen molar-refractivity contribution in [1.82, 2.24) is 14.9 Å². The van der Waals surface area contributed by atoms with Crippen molar-refractivity contribution in [2.75, 3.05) is 38.7 Å². The largest absolute Gasteiger partial charge is 0.378 e. The van der Waals surface area contributed by atoms with Gasteiger partial charge < -0.3 is 14.8 Å². The molecule has 0 aliphatic carbocycles. The molecule has 1 aromatic heterocycles. The molecule has 1 aromatic rings. The van der Waals surface area contributed by atoms with Crippen molar-refractivity contribution < 1.29 is 9.47 Å². The minimum atomic E-state index is -0.0737. The lowest BCUT2D eigenvalue weighted by molar-refractivity contribution is -0.0444. The Bertz CT molecular complexity index is 429. The van der Waals surface area contributed by atoms with Crippen molar-refractivity contribution in [3.63, 3.8) is 0 Å². The number of rotatable bonds is 6. The maximum Gasteiger partial charge on any atom is 0.161 e. The number of hydrogen-bond acceptors (Lipinski definition) is 6. The van der Waals surface area contributed by atoms with Crippen LogP contribution in [0.5, 0.6) is 0 Å². The Morgan fingerprint density at radius 3 is 2.95 bits per heavy atom. The minimum Gasteiger partial charge on any atom is -0.378 e. The predicted molar refractivity (Wildman–Crippen MR) is 82.3 cm³/mol. The standard InChI is InChI=1S/C15H26N4O2/c1-5-16-14-8-12(10-20-4)17-15(18-14)13-9-19(11(2)3)6-7-21-13/h8,11,13H,5-7,9-10H2,1-4H3,(H,16,17,18). The van der Waals surface area contributed by atoms with Gasteiger partial charge in [0.2, 0.25) is 0 Å². The Hall–Kier alpha value is -1.24. The van der Waals surface area contributed by atoms with Gasteiger partial charge in [-0.05, 0) is 20.8 Å². The molecule has 2 heterocycles. The van der Waals surface area contributed by atoms with Gasteiger partial charge in [-0.3, -0.25) is 4.90 Å². The molecule has 118 valence electrons. The van der Waals surface area contributed by atoms with Crippen LogP contribution in [0.4, 0.5) is 5.82 Å². The van der Waals surface area contributed by atoms with Crippen LogP contribution in [-0.2, 0) is 16.1 Å². The quantitative estimate of drug-likeness (QED) is 0.864. The fraction of sp³-hybridized carbons (Fsp3) is 0.733. The van der Waals surface area contributed by atoms with Crippen LogP contribution in [0.2, 0.25) is 0 Å². The van der Waals surface area contributed by atoms with E-state index in [4.69, 9.17) is 9.47 Å². The fourth-order valence-electron chi connectivity index (χ4n) is 2.45. The average molecular weight is 294 g/mol. The molecule has 1 atom stereocenters. The summed E-state index contributed by atoms with van der Waals surface area (Å²) in [6.07, 6.45) is -0.0737. The van der Waals surface area contributed by atoms with Crippen LogP contribution in [0.15, 0.2) is 6.07 Å². The first kappa shape index (κ1) is 16.1. The molecular weight excluding hydrogens is 268 g/mol. The van der Waals surface area contributed by atoms with Gasteiger partial charge in [-0.1, -0.05) is 0 Å². The van der Waals surface area contributed by atoms with E-state index >= 15 is 0 Å². The Morgan fingerprint density at radius 2 is 2.29 bits per heavy atom. The summed E-state index contributed by atoms with van der Waals surface area (Å²) >= 11 is 0. The Kier molecular flexibility index (Phi) is 5.90. The summed E-state index contributed by atoms with van der Waals surface area (Å²) in [7, 11) is 1.67. The van der Waals surface area contributed by atoms with Gasteiger partial charge in [-0.25, -0.2) is 9.97 Å². The monoisotopic (exact) mass is 294 g/mol. The van der Waals surface area contributed by atoms with Crippen LogP contribution in [0, 0.1) is 0 Å². The van der Waals surface area contributed by atoms with Gasteiger partial charge in [-0.2, -0.15) is 0 Å². The van der Waals surface area contributed by atoms with Gasteiger partial charge in [0.1, 0.15) is 11.9 Å². The summed E-state index contributed by atoms with van der Waals surface area (Å²) in [5, 5.41) is 3.24. The molecule has 6 nitrogen and oxygen atoms in total. The summed E-state index contributed by atoms with van der Waals surface area (Å²) < 4.78 is 11.1. The molecule has 21 heavy (non-hydrogen) atoms. The molecule has 0 aromatic carbocycles. The third-order valence-corrected chi connectivity index (χ3v) is 3.56. The lowest BCUT2D eigenvalue weighted by atomic mass is 10.2. The van der Waals surface area contributed by atoms with E-state index in [0.717, 1.165) is 43.6 Å². The topological polar surface area (TPSA) is 59.5 Å². The number of nitrogens with one attached hydrogen (secondary N) is 1. The van der Waals surface area contributed by atoms with Crippen LogP contribution in [0.25, 0.3) is 0 Å². The maximum absolute atomic E-state index is 5.88. The number of aromatic nitrogens is 2. The van der Waals surface area contributed by atoms with Crippen LogP contribution in [0.3, 0.4) is 0 Å². The highest BCUT2D eigenvalue weighted by Gasteiger charge is 2.26. The van der Waals surface area contributed by atoms with E-state index in [1.165, 1.54) is 0 Å². The van der Waals surface area contributed by atoms with Crippen molar-refractivity contribution in [2.24, 2.45) is 0 Å². The third kappa shape index (κ3) is 4.36. The van der Waals surface area contributed by atoms with Crippen molar-refractivity contribution in [2.45, 2.75) is 39.5 Å². The number of nitrogens with zero attached hydrogens (tertiary/aromatic N) is 3. The molecule has 1 aliphatic rings. The van der Waals surface area contributed by atoms with Gasteiger partial charge in [0.15, 0.2) is 5.82 Å². The highest BCUT2D eigenvalue weighted by atomic mass is 16.5. The van der Waals surface area contributed by atoms with E-state index in [1.807, 2.05) is 6.07 Å². The Morgan fingerprint density at radius 1 is 1.48 bits per heavy atom. The first-order valence-corrected chi connectivity index (χ1v) is 7.60. The van der Waals surface area contributed by atoms with Gasteiger partial charge in [-0.15, -0.1) is 0 Å².